The van der Waals surface area contributed by atoms with E-state index >= 15 is 0 Å². The molecule has 1 aliphatic heterocycles. The SMILES string of the molecule is C.Nc1ncnc2c1ncn2[C@@H]1O[C@H](COP(=O)(O)OP(=O)([O-])OP(=O)([O-])O)[C@@H](O)[C@H]1O.[Na+].[Na+]. The molecule has 1 saturated heterocycles. The van der Waals surface area contributed by atoms with Crippen molar-refractivity contribution in [2.45, 2.75) is 32.0 Å². The molecule has 2 aromatic rings. The number of nitrogen functional groups attached to an aromatic ring is 1. The van der Waals surface area contributed by atoms with Crippen molar-refractivity contribution in [2.24, 2.45) is 0 Å². The van der Waals surface area contributed by atoms with Crippen molar-refractivity contribution in [2.75, 3.05) is 12.3 Å². The van der Waals surface area contributed by atoms with Crippen molar-refractivity contribution in [3.8, 4) is 0 Å². The summed E-state index contributed by atoms with van der Waals surface area (Å²) in [5, 5.41) is 20.4. The van der Waals surface area contributed by atoms with Crippen molar-refractivity contribution in [1.29, 1.82) is 0 Å². The molecule has 0 aliphatic carbocycles. The van der Waals surface area contributed by atoms with E-state index in [9.17, 15) is 38.6 Å². The third-order valence-electron chi connectivity index (χ3n) is 3.81. The Hall–Kier alpha value is 0.640. The number of phosphoric ester groups is 1. The van der Waals surface area contributed by atoms with E-state index in [0.717, 1.165) is 6.33 Å². The Morgan fingerprint density at radius 1 is 1.09 bits per heavy atom. The molecule has 7 atom stereocenters. The minimum atomic E-state index is -6.01. The number of nitrogens with two attached hydrogens (primary N) is 1. The summed E-state index contributed by atoms with van der Waals surface area (Å²) in [7, 11) is -17.4. The second-order valence-corrected chi connectivity index (χ2v) is 10.3. The van der Waals surface area contributed by atoms with Crippen LogP contribution in [-0.2, 0) is 31.6 Å². The van der Waals surface area contributed by atoms with Crippen LogP contribution in [0.25, 0.3) is 11.2 Å². The summed E-state index contributed by atoms with van der Waals surface area (Å²) >= 11 is 0. The molecular formula is C11H18N5Na2O13P3. The van der Waals surface area contributed by atoms with Gasteiger partial charge in [0.15, 0.2) is 17.7 Å². The normalized spacial score (nSPS) is 27.4. The quantitative estimate of drug-likeness (QED) is 0.146. The van der Waals surface area contributed by atoms with E-state index in [-0.39, 0.29) is 83.5 Å². The van der Waals surface area contributed by atoms with E-state index < -0.39 is 54.6 Å². The molecule has 2 aromatic heterocycles. The minimum Gasteiger partial charge on any atom is -0.756 e. The number of aliphatic hydroxyl groups excluding tert-OH is 2. The number of phosphoric acid groups is 3. The number of nitrogens with zero attached hydrogens (tertiary/aromatic N) is 4. The van der Waals surface area contributed by atoms with Gasteiger partial charge in [-0.05, 0) is 0 Å². The molecule has 3 unspecified atom stereocenters. The van der Waals surface area contributed by atoms with Gasteiger partial charge in [-0.1, -0.05) is 7.43 Å². The minimum absolute atomic E-state index is 0. The first-order valence-electron chi connectivity index (χ1n) is 7.88. The van der Waals surface area contributed by atoms with Crippen molar-refractivity contribution in [1.82, 2.24) is 19.5 Å². The van der Waals surface area contributed by atoms with Crippen LogP contribution < -0.4 is 74.6 Å². The standard InChI is InChI=1S/C10H16N5O13P3.CH4.2Na/c11-8-5-9(13-2-12-8)15(3-14-5)10-7(17)6(16)4(26-10)1-25-30(21,22)28-31(23,24)27-29(18,19)20;;;/h2-4,6-7,10,16-17H,1H2,(H,21,22)(H,23,24)(H2,11,12,13)(H2,18,19,20);1H4;;/q;;2*+1/p-2/t4-,6-,7-,10-;;;/m1.../s1. The molecule has 23 heteroatoms. The number of ether oxygens (including phenoxy) is 1. The van der Waals surface area contributed by atoms with Gasteiger partial charge in [-0.15, -0.1) is 0 Å². The Bertz CT molecular complexity index is 1120. The molecule has 18 nitrogen and oxygen atoms in total. The summed E-state index contributed by atoms with van der Waals surface area (Å²) in [5.74, 6) is 0.0322. The average Bonchev–Trinajstić information content (AvgIpc) is 3.13. The third kappa shape index (κ3) is 8.60. The first kappa shape index (κ1) is 34.6. The Labute approximate surface area is 235 Å². The first-order chi connectivity index (χ1) is 14.2. The number of imidazole rings is 1. The smallest absolute Gasteiger partial charge is 0.756 e. The van der Waals surface area contributed by atoms with Gasteiger partial charge in [0.2, 0.25) is 0 Å². The fourth-order valence-corrected chi connectivity index (χ4v) is 5.55. The van der Waals surface area contributed by atoms with Gasteiger partial charge in [0, 0.05) is 0 Å². The molecule has 1 aliphatic rings. The van der Waals surface area contributed by atoms with E-state index in [0.29, 0.717) is 0 Å². The van der Waals surface area contributed by atoms with E-state index in [1.165, 1.54) is 10.9 Å². The van der Waals surface area contributed by atoms with E-state index in [1.54, 1.807) is 0 Å². The van der Waals surface area contributed by atoms with Gasteiger partial charge >= 0.3 is 66.9 Å². The molecule has 3 rings (SSSR count). The Morgan fingerprint density at radius 3 is 2.29 bits per heavy atom. The van der Waals surface area contributed by atoms with Crippen LogP contribution >= 0.6 is 23.5 Å². The Kier molecular flexibility index (Phi) is 13.2. The number of hydrogen-bond acceptors (Lipinski definition) is 15. The van der Waals surface area contributed by atoms with Gasteiger partial charge in [0.1, 0.15) is 30.2 Å². The number of rotatable bonds is 8. The molecule has 1 fully saturated rings. The van der Waals surface area contributed by atoms with Crippen LogP contribution in [0.15, 0.2) is 12.7 Å². The summed E-state index contributed by atoms with van der Waals surface area (Å²) < 4.78 is 51.0. The van der Waals surface area contributed by atoms with Crippen LogP contribution in [0.5, 0.6) is 0 Å². The molecule has 0 spiro atoms. The van der Waals surface area contributed by atoms with Crippen LogP contribution in [0.1, 0.15) is 13.7 Å². The van der Waals surface area contributed by atoms with Crippen molar-refractivity contribution in [3.05, 3.63) is 12.7 Å². The molecule has 0 amide bonds. The van der Waals surface area contributed by atoms with Gasteiger partial charge in [0.05, 0.1) is 12.9 Å². The second-order valence-electron chi connectivity index (χ2n) is 5.97. The predicted molar refractivity (Wildman–Crippen MR) is 97.8 cm³/mol. The van der Waals surface area contributed by atoms with Gasteiger partial charge < -0.3 is 40.3 Å². The fraction of sp³-hybridized carbons (Fsp3) is 0.545. The van der Waals surface area contributed by atoms with Crippen LogP contribution in [-0.4, -0.2) is 64.4 Å². The molecule has 34 heavy (non-hydrogen) atoms. The molecule has 0 radical (unpaired) electrons. The fourth-order valence-electron chi connectivity index (χ4n) is 2.61. The summed E-state index contributed by atoms with van der Waals surface area (Å²) in [5.41, 5.74) is 5.97. The third-order valence-corrected chi connectivity index (χ3v) is 7.53. The molecule has 0 bridgehead atoms. The van der Waals surface area contributed by atoms with Gasteiger partial charge in [0.25, 0.3) is 15.6 Å². The monoisotopic (exact) mass is 567 g/mol. The number of anilines is 1. The number of hydrogen-bond donors (Lipinski definition) is 5. The summed E-state index contributed by atoms with van der Waals surface area (Å²) in [4.78, 5) is 51.0. The van der Waals surface area contributed by atoms with Crippen LogP contribution in [0.4, 0.5) is 5.82 Å². The van der Waals surface area contributed by atoms with Crippen molar-refractivity contribution in [3.63, 3.8) is 0 Å². The zero-order chi connectivity index (χ0) is 23.2. The van der Waals surface area contributed by atoms with Gasteiger partial charge in [-0.2, -0.15) is 0 Å². The maximum Gasteiger partial charge on any atom is 1.00 e. The van der Waals surface area contributed by atoms with Crippen molar-refractivity contribution < 1.29 is 120 Å². The largest absolute Gasteiger partial charge is 1.00 e. The van der Waals surface area contributed by atoms with Crippen LogP contribution in [0.2, 0.25) is 0 Å². The van der Waals surface area contributed by atoms with Crippen LogP contribution in [0, 0.1) is 0 Å². The van der Waals surface area contributed by atoms with Crippen molar-refractivity contribution >= 4 is 40.4 Å². The molecular weight excluding hydrogens is 549 g/mol. The maximum atomic E-state index is 11.7. The number of fused-ring (bicyclic) bond motifs is 1. The molecule has 3 heterocycles. The Balaban J connectivity index is 0.00000363. The first-order valence-corrected chi connectivity index (χ1v) is 12.3. The van der Waals surface area contributed by atoms with Crippen LogP contribution in [0.3, 0.4) is 0 Å². The molecule has 0 saturated carbocycles. The zero-order valence-electron chi connectivity index (χ0n) is 16.8. The summed E-state index contributed by atoms with van der Waals surface area (Å²) in [6.45, 7) is -1.000. The zero-order valence-corrected chi connectivity index (χ0v) is 23.5. The average molecular weight is 567 g/mol. The van der Waals surface area contributed by atoms with Gasteiger partial charge in [-0.25, -0.2) is 28.1 Å². The molecule has 6 N–H and O–H groups in total. The summed E-state index contributed by atoms with van der Waals surface area (Å²) in [6.07, 6.45) is -3.81. The molecule has 0 aromatic carbocycles. The van der Waals surface area contributed by atoms with E-state index in [1.807, 2.05) is 0 Å². The predicted octanol–water partition coefficient (Wildman–Crippen LogP) is -8.25. The van der Waals surface area contributed by atoms with Gasteiger partial charge in [-0.3, -0.25) is 18.2 Å². The topological polar surface area (TPSA) is 285 Å². The van der Waals surface area contributed by atoms with E-state index in [2.05, 4.69) is 28.1 Å². The number of aliphatic hydroxyl groups is 2. The summed E-state index contributed by atoms with van der Waals surface area (Å²) in [6, 6.07) is 0. The maximum absolute atomic E-state index is 11.7. The molecule has 182 valence electrons. The number of aromatic nitrogens is 4. The van der Waals surface area contributed by atoms with E-state index in [4.69, 9.17) is 15.4 Å². The second kappa shape index (κ2) is 12.9. The Morgan fingerprint density at radius 2 is 1.71 bits per heavy atom.